The Bertz CT molecular complexity index is 6150. The number of anilines is 12. The first-order valence-corrected chi connectivity index (χ1v) is 53.9. The average molecular weight is 1860 g/mol. The van der Waals surface area contributed by atoms with Gasteiger partial charge in [-0.1, -0.05) is 353 Å². The summed E-state index contributed by atoms with van der Waals surface area (Å²) >= 11 is 7.87. The van der Waals surface area contributed by atoms with E-state index < -0.39 is 0 Å². The number of carbonyl (C=O) groups is 2. The molecule has 4 atom stereocenters. The summed E-state index contributed by atoms with van der Waals surface area (Å²) in [5.74, 6) is 2.72. The molecule has 18 rings (SSSR count). The first-order chi connectivity index (χ1) is 66.9. The van der Waals surface area contributed by atoms with Gasteiger partial charge in [-0.25, -0.2) is 0 Å². The fourth-order valence-corrected chi connectivity index (χ4v) is 26.1. The molecule has 18 aromatic rings. The van der Waals surface area contributed by atoms with Crippen LogP contribution in [0.1, 0.15) is 238 Å². The van der Waals surface area contributed by atoms with Crippen LogP contribution in [0.15, 0.2) is 304 Å². The lowest BCUT2D eigenvalue weighted by Gasteiger charge is -2.25. The Balaban J connectivity index is 0.000000189. The van der Waals surface area contributed by atoms with Crippen LogP contribution in [-0.4, -0.2) is 12.6 Å². The molecule has 0 amide bonds. The summed E-state index contributed by atoms with van der Waals surface area (Å²) in [5.41, 5.74) is 18.6. The van der Waals surface area contributed by atoms with Gasteiger partial charge in [-0.15, -0.1) is 45.3 Å². The van der Waals surface area contributed by atoms with Crippen LogP contribution in [0.3, 0.4) is 0 Å². The monoisotopic (exact) mass is 1860 g/mol. The quantitative estimate of drug-likeness (QED) is 0.0355. The average Bonchev–Trinajstić information content (AvgIpc) is 1.57. The summed E-state index contributed by atoms with van der Waals surface area (Å²) in [7, 11) is 0. The highest BCUT2D eigenvalue weighted by atomic mass is 32.1. The molecule has 4 unspecified atom stereocenters. The van der Waals surface area contributed by atoms with Crippen molar-refractivity contribution < 1.29 is 9.59 Å². The van der Waals surface area contributed by atoms with Crippen molar-refractivity contribution in [1.82, 2.24) is 0 Å². The number of rotatable bonds is 44. The third-order valence-corrected chi connectivity index (χ3v) is 33.6. The van der Waals surface area contributed by atoms with Gasteiger partial charge >= 0.3 is 0 Å². The second-order valence-electron chi connectivity index (χ2n) is 37.4. The van der Waals surface area contributed by atoms with E-state index in [-0.39, 0.29) is 0 Å². The number of nitrogens with zero attached hydrogens (tertiary/aromatic N) is 4. The number of aryl methyl sites for hydroxylation is 4. The Morgan fingerprint density at radius 1 is 0.250 bits per heavy atom. The van der Waals surface area contributed by atoms with Gasteiger partial charge in [0.1, 0.15) is 32.6 Å². The number of benzene rings is 14. The van der Waals surface area contributed by atoms with E-state index in [0.717, 1.165) is 96.3 Å². The van der Waals surface area contributed by atoms with Gasteiger partial charge < -0.3 is 19.6 Å². The Morgan fingerprint density at radius 3 is 0.669 bits per heavy atom. The zero-order chi connectivity index (χ0) is 94.0. The van der Waals surface area contributed by atoms with Gasteiger partial charge in [-0.2, -0.15) is 0 Å². The molecule has 0 spiro atoms. The molecule has 6 nitrogen and oxygen atoms in total. The minimum atomic E-state index is 0.660. The van der Waals surface area contributed by atoms with Gasteiger partial charge in [0.2, 0.25) is 0 Å². The zero-order valence-corrected chi connectivity index (χ0v) is 84.2. The maximum absolute atomic E-state index is 11.9. The number of hydrogen-bond acceptors (Lipinski definition) is 10. The summed E-state index contributed by atoms with van der Waals surface area (Å²) in [6, 6.07) is 106. The molecule has 0 bridgehead atoms. The lowest BCUT2D eigenvalue weighted by atomic mass is 9.88. The van der Waals surface area contributed by atoms with Crippen molar-refractivity contribution in [3.8, 4) is 0 Å². The summed E-state index contributed by atoms with van der Waals surface area (Å²) in [5, 5.41) is 20.3. The fourth-order valence-electron chi connectivity index (χ4n) is 20.9. The molecule has 0 fully saturated rings. The standard InChI is InChI=1S/C64H68N2S2.C62H64N2O2S2/c1-7-13-21-45(9-3)35-41-55-57-43-61(65(51-37-31-47(11-5)32-38-51)59-29-19-25-49-23-15-17-27-53(49)59)68-64(57)56(42-36-46(10-4)22-14-8-2)58-44-62(67-63(55)58)66(52-39-33-48(12-6)34-40-52)60-30-20-26-50-24-16-18-28-54(50)60;1-5-9-17-43(7-3)31-37-53-55-39-59(63(49-33-27-45(41-65)28-34-49)57-25-15-21-47-19-11-13-23-51(47)57)68-62(55)54(38-32-44(8-4)18-10-6-2)56-40-60(67-61(53)56)64(50-35-29-46(42-66)30-36-50)58-26-16-22-48-20-12-14-24-52(48)58/h11-12,15-20,23-34,37-40,43-46H,5-10,13-14,21-22,35-36,41-42H2,1-4H3;11-16,19-30,33-36,39-44H,5-10,17-18,31-32,37-38H2,1-4H3. The highest BCUT2D eigenvalue weighted by Crippen LogP contribution is 2.56. The van der Waals surface area contributed by atoms with Crippen LogP contribution in [0.2, 0.25) is 0 Å². The number of fused-ring (bicyclic) bond motifs is 8. The van der Waals surface area contributed by atoms with Gasteiger partial charge in [0, 0.05) is 74.2 Å². The molecule has 4 aromatic heterocycles. The van der Waals surface area contributed by atoms with Crippen LogP contribution in [0.25, 0.3) is 95.6 Å². The Morgan fingerprint density at radius 2 is 0.463 bits per heavy atom. The largest absolute Gasteiger partial charge is 0.301 e. The second kappa shape index (κ2) is 45.8. The minimum absolute atomic E-state index is 0.660. The van der Waals surface area contributed by atoms with Crippen molar-refractivity contribution in [2.45, 2.75) is 209 Å². The molecule has 0 aliphatic rings. The molecule has 14 aromatic carbocycles. The lowest BCUT2D eigenvalue weighted by Crippen LogP contribution is -2.09. The van der Waals surface area contributed by atoms with Crippen molar-refractivity contribution >= 4 is 219 Å². The summed E-state index contributed by atoms with van der Waals surface area (Å²) in [6.07, 6.45) is 34.5. The van der Waals surface area contributed by atoms with Crippen LogP contribution in [0, 0.1) is 23.7 Å². The third-order valence-electron chi connectivity index (χ3n) is 28.9. The first kappa shape index (κ1) is 95.7. The van der Waals surface area contributed by atoms with Crippen LogP contribution >= 0.6 is 45.3 Å². The molecule has 0 aliphatic heterocycles. The molecule has 692 valence electrons. The molecule has 0 saturated carbocycles. The first-order valence-electron chi connectivity index (χ1n) is 50.6. The Kier molecular flexibility index (Phi) is 32.2. The van der Waals surface area contributed by atoms with Gasteiger partial charge in [0.15, 0.2) is 0 Å². The van der Waals surface area contributed by atoms with Crippen LogP contribution < -0.4 is 19.6 Å². The lowest BCUT2D eigenvalue weighted by molar-refractivity contribution is 0.111. The van der Waals surface area contributed by atoms with Gasteiger partial charge in [-0.3, -0.25) is 9.59 Å². The van der Waals surface area contributed by atoms with Gasteiger partial charge in [0.05, 0.1) is 22.7 Å². The predicted molar refractivity (Wildman–Crippen MR) is 601 cm³/mol. The van der Waals surface area contributed by atoms with Crippen molar-refractivity contribution in [3.05, 3.63) is 349 Å². The number of hydrogen-bond donors (Lipinski definition) is 0. The van der Waals surface area contributed by atoms with Crippen LogP contribution in [0.5, 0.6) is 0 Å². The van der Waals surface area contributed by atoms with Crippen molar-refractivity contribution in [2.24, 2.45) is 23.7 Å². The molecule has 0 aliphatic carbocycles. The maximum Gasteiger partial charge on any atom is 0.150 e. The Labute approximate surface area is 823 Å². The molecule has 4 heterocycles. The number of unbranched alkanes of at least 4 members (excludes halogenated alkanes) is 4. The van der Waals surface area contributed by atoms with E-state index in [1.807, 2.05) is 81.8 Å². The third kappa shape index (κ3) is 20.9. The van der Waals surface area contributed by atoms with Gasteiger partial charge in [-0.05, 0) is 273 Å². The van der Waals surface area contributed by atoms with Crippen molar-refractivity contribution in [3.63, 3.8) is 0 Å². The molecular weight excluding hydrogens is 1730 g/mol. The molecule has 10 heteroatoms. The van der Waals surface area contributed by atoms with Crippen LogP contribution in [-0.2, 0) is 25.7 Å². The highest BCUT2D eigenvalue weighted by molar-refractivity contribution is 7.26. The second-order valence-corrected chi connectivity index (χ2v) is 41.5. The highest BCUT2D eigenvalue weighted by Gasteiger charge is 2.31. The van der Waals surface area contributed by atoms with E-state index in [0.29, 0.717) is 34.8 Å². The summed E-state index contributed by atoms with van der Waals surface area (Å²) < 4.78 is 5.69. The number of carbonyl (C=O) groups excluding carboxylic acids is 2. The smallest absolute Gasteiger partial charge is 0.150 e. The summed E-state index contributed by atoms with van der Waals surface area (Å²) in [4.78, 5) is 33.8. The molecule has 0 saturated heterocycles. The summed E-state index contributed by atoms with van der Waals surface area (Å²) in [6.45, 7) is 27.0. The minimum Gasteiger partial charge on any atom is -0.301 e. The molecular formula is C126H132N4O2S4. The molecule has 0 N–H and O–H groups in total. The Hall–Kier alpha value is -12.0. The van der Waals surface area contributed by atoms with E-state index in [1.165, 1.54) is 253 Å². The van der Waals surface area contributed by atoms with Gasteiger partial charge in [0.25, 0.3) is 0 Å². The SMILES string of the molecule is C=Cc1ccc(N(c2cc3c(CCC(CC)CCCC)c4sc(N(c5ccc(C=C)cc5)c5cccc6ccccc56)cc4c(CCC(CC)CCCC)c3s2)c2cccc3ccccc23)cc1.CCCCC(CC)CCc1c2cc(N(c3ccc(C=O)cc3)c3cccc4ccccc34)sc2c(CCC(CC)CCCC)c2cc(N(c3ccc(C=O)cc3)c3cccc4ccccc34)sc12. The number of thiophene rings is 4. The normalized spacial score (nSPS) is 12.5. The molecule has 0 radical (unpaired) electrons. The molecule has 136 heavy (non-hydrogen) atoms. The van der Waals surface area contributed by atoms with E-state index in [1.54, 1.807) is 0 Å². The van der Waals surface area contributed by atoms with E-state index in [9.17, 15) is 9.59 Å². The van der Waals surface area contributed by atoms with Crippen molar-refractivity contribution in [1.29, 1.82) is 0 Å². The predicted octanol–water partition coefficient (Wildman–Crippen LogP) is 40.2. The number of aldehydes is 2. The fraction of sp³-hybridized carbons (Fsp3) is 0.286. The van der Waals surface area contributed by atoms with E-state index in [4.69, 9.17) is 0 Å². The zero-order valence-electron chi connectivity index (χ0n) is 81.0. The topological polar surface area (TPSA) is 47.1 Å². The maximum atomic E-state index is 11.9. The van der Waals surface area contributed by atoms with E-state index >= 15 is 0 Å². The van der Waals surface area contributed by atoms with Crippen molar-refractivity contribution in [2.75, 3.05) is 19.6 Å². The van der Waals surface area contributed by atoms with Crippen LogP contribution in [0.4, 0.5) is 65.5 Å². The van der Waals surface area contributed by atoms with E-state index in [2.05, 4.69) is 355 Å².